The van der Waals surface area contributed by atoms with Crippen LogP contribution in [0.1, 0.15) is 19.8 Å². The fourth-order valence-electron chi connectivity index (χ4n) is 2.42. The van der Waals surface area contributed by atoms with Crippen molar-refractivity contribution in [3.63, 3.8) is 0 Å². The van der Waals surface area contributed by atoms with Gasteiger partial charge in [0, 0.05) is 18.8 Å². The average Bonchev–Trinajstić information content (AvgIpc) is 2.93. The maximum atomic E-state index is 6.08. The molecule has 1 aliphatic heterocycles. The Bertz CT molecular complexity index is 621. The molecule has 0 aliphatic carbocycles. The third-order valence-corrected chi connectivity index (χ3v) is 4.14. The van der Waals surface area contributed by atoms with Crippen LogP contribution < -0.4 is 5.73 Å². The number of benzene rings is 1. The number of nitrogens with zero attached hydrogens (tertiary/aromatic N) is 4. The highest BCUT2D eigenvalue weighted by Gasteiger charge is 2.33. The summed E-state index contributed by atoms with van der Waals surface area (Å²) in [5, 5.41) is 12.6. The van der Waals surface area contributed by atoms with Crippen molar-refractivity contribution in [1.82, 2.24) is 20.2 Å². The van der Waals surface area contributed by atoms with Crippen molar-refractivity contribution in [3.8, 4) is 11.4 Å². The van der Waals surface area contributed by atoms with Crippen LogP contribution in [0, 0.1) is 0 Å². The average molecular weight is 294 g/mol. The number of hydrogen-bond donors (Lipinski definition) is 1. The topological polar surface area (TPSA) is 78.9 Å². The molecule has 1 aromatic heterocycles. The molecule has 0 spiro atoms. The van der Waals surface area contributed by atoms with Gasteiger partial charge in [-0.1, -0.05) is 11.6 Å². The summed E-state index contributed by atoms with van der Waals surface area (Å²) in [5.41, 5.74) is 7.02. The van der Waals surface area contributed by atoms with Crippen LogP contribution in [0.25, 0.3) is 11.4 Å². The first kappa shape index (κ1) is 13.3. The minimum atomic E-state index is -0.134. The number of hydrogen-bond acceptors (Lipinski definition) is 5. The van der Waals surface area contributed by atoms with Gasteiger partial charge in [0.2, 0.25) is 0 Å². The first-order valence-corrected chi connectivity index (χ1v) is 6.90. The summed E-state index contributed by atoms with van der Waals surface area (Å²) < 4.78 is 7.30. The maximum absolute atomic E-state index is 6.08. The van der Waals surface area contributed by atoms with E-state index in [1.807, 2.05) is 10.7 Å². The number of ether oxygens (including phenoxy) is 1. The van der Waals surface area contributed by atoms with Gasteiger partial charge in [-0.05, 0) is 48.4 Å². The predicted molar refractivity (Wildman–Crippen MR) is 76.4 cm³/mol. The van der Waals surface area contributed by atoms with Gasteiger partial charge < -0.3 is 10.5 Å². The second-order valence-electron chi connectivity index (χ2n) is 5.26. The van der Waals surface area contributed by atoms with Gasteiger partial charge in [0.25, 0.3) is 0 Å². The highest BCUT2D eigenvalue weighted by atomic mass is 35.5. The molecule has 0 bridgehead atoms. The van der Waals surface area contributed by atoms with Crippen LogP contribution in [0.5, 0.6) is 0 Å². The third kappa shape index (κ3) is 2.25. The van der Waals surface area contributed by atoms with Crippen molar-refractivity contribution in [2.24, 2.45) is 0 Å². The van der Waals surface area contributed by atoms with E-state index in [0.29, 0.717) is 16.5 Å². The summed E-state index contributed by atoms with van der Waals surface area (Å²) in [6, 6.07) is 5.44. The van der Waals surface area contributed by atoms with E-state index < -0.39 is 0 Å². The molecule has 2 aromatic rings. The molecule has 0 radical (unpaired) electrons. The molecule has 0 saturated carbocycles. The second-order valence-corrected chi connectivity index (χ2v) is 5.67. The van der Waals surface area contributed by atoms with Gasteiger partial charge >= 0.3 is 0 Å². The van der Waals surface area contributed by atoms with E-state index in [-0.39, 0.29) is 5.54 Å². The zero-order valence-electron chi connectivity index (χ0n) is 11.2. The Morgan fingerprint density at radius 2 is 2.10 bits per heavy atom. The van der Waals surface area contributed by atoms with Crippen molar-refractivity contribution >= 4 is 17.3 Å². The zero-order chi connectivity index (χ0) is 14.2. The molecular weight excluding hydrogens is 278 g/mol. The van der Waals surface area contributed by atoms with Crippen molar-refractivity contribution in [3.05, 3.63) is 23.2 Å². The molecule has 0 unspecified atom stereocenters. The molecule has 1 saturated heterocycles. The fraction of sp³-hybridized carbons (Fsp3) is 0.462. The normalized spacial score (nSPS) is 18.1. The Morgan fingerprint density at radius 3 is 2.80 bits per heavy atom. The van der Waals surface area contributed by atoms with Crippen molar-refractivity contribution in [1.29, 1.82) is 0 Å². The fourth-order valence-corrected chi connectivity index (χ4v) is 2.60. The Labute approximate surface area is 121 Å². The van der Waals surface area contributed by atoms with Crippen LogP contribution in [0.4, 0.5) is 5.69 Å². The first-order valence-electron chi connectivity index (χ1n) is 6.52. The molecule has 0 atom stereocenters. The SMILES string of the molecule is CC1(n2nnnc2-c2ccc(N)c(Cl)c2)CCOCC1. The molecular formula is C13H16ClN5O. The van der Waals surface area contributed by atoms with Crippen LogP contribution in [-0.4, -0.2) is 33.4 Å². The summed E-state index contributed by atoms with van der Waals surface area (Å²) >= 11 is 6.08. The molecule has 20 heavy (non-hydrogen) atoms. The van der Waals surface area contributed by atoms with E-state index in [4.69, 9.17) is 22.1 Å². The molecule has 1 aromatic carbocycles. The smallest absolute Gasteiger partial charge is 0.182 e. The number of nitrogens with two attached hydrogens (primary N) is 1. The Balaban J connectivity index is 2.03. The highest BCUT2D eigenvalue weighted by Crippen LogP contribution is 2.32. The highest BCUT2D eigenvalue weighted by molar-refractivity contribution is 6.33. The van der Waals surface area contributed by atoms with Crippen molar-refractivity contribution in [2.75, 3.05) is 18.9 Å². The van der Waals surface area contributed by atoms with Gasteiger partial charge in [0.15, 0.2) is 5.82 Å². The lowest BCUT2D eigenvalue weighted by Gasteiger charge is -2.33. The van der Waals surface area contributed by atoms with Gasteiger partial charge in [-0.15, -0.1) is 5.10 Å². The quantitative estimate of drug-likeness (QED) is 0.858. The summed E-state index contributed by atoms with van der Waals surface area (Å²) in [4.78, 5) is 0. The van der Waals surface area contributed by atoms with Gasteiger partial charge in [0.1, 0.15) is 0 Å². The van der Waals surface area contributed by atoms with Crippen molar-refractivity contribution in [2.45, 2.75) is 25.3 Å². The zero-order valence-corrected chi connectivity index (χ0v) is 12.0. The lowest BCUT2D eigenvalue weighted by Crippen LogP contribution is -2.38. The monoisotopic (exact) mass is 293 g/mol. The van der Waals surface area contributed by atoms with E-state index in [2.05, 4.69) is 22.4 Å². The van der Waals surface area contributed by atoms with Crippen LogP contribution >= 0.6 is 11.6 Å². The van der Waals surface area contributed by atoms with Crippen molar-refractivity contribution < 1.29 is 4.74 Å². The lowest BCUT2D eigenvalue weighted by atomic mass is 9.92. The molecule has 6 nitrogen and oxygen atoms in total. The summed E-state index contributed by atoms with van der Waals surface area (Å²) in [6.45, 7) is 3.59. The van der Waals surface area contributed by atoms with Gasteiger partial charge in [-0.3, -0.25) is 0 Å². The van der Waals surface area contributed by atoms with E-state index in [1.54, 1.807) is 12.1 Å². The number of aromatic nitrogens is 4. The van der Waals surface area contributed by atoms with Crippen LogP contribution in [-0.2, 0) is 10.3 Å². The van der Waals surface area contributed by atoms with Gasteiger partial charge in [-0.2, -0.15) is 0 Å². The van der Waals surface area contributed by atoms with Crippen LogP contribution in [0.15, 0.2) is 18.2 Å². The number of nitrogen functional groups attached to an aromatic ring is 1. The lowest BCUT2D eigenvalue weighted by molar-refractivity contribution is 0.0240. The largest absolute Gasteiger partial charge is 0.398 e. The molecule has 7 heteroatoms. The summed E-state index contributed by atoms with van der Waals surface area (Å²) in [6.07, 6.45) is 1.77. The molecule has 2 heterocycles. The first-order chi connectivity index (χ1) is 9.60. The molecule has 3 rings (SSSR count). The van der Waals surface area contributed by atoms with E-state index >= 15 is 0 Å². The maximum Gasteiger partial charge on any atom is 0.182 e. The predicted octanol–water partition coefficient (Wildman–Crippen LogP) is 2.10. The number of tetrazole rings is 1. The second kappa shape index (κ2) is 5.03. The Morgan fingerprint density at radius 1 is 1.35 bits per heavy atom. The standard InChI is InChI=1S/C13H16ClN5O/c1-13(4-6-20-7-5-13)19-12(16-17-18-19)9-2-3-11(15)10(14)8-9/h2-3,8H,4-7,15H2,1H3. The van der Waals surface area contributed by atoms with E-state index in [1.165, 1.54) is 0 Å². The van der Waals surface area contributed by atoms with E-state index in [0.717, 1.165) is 31.6 Å². The molecule has 1 aliphatic rings. The third-order valence-electron chi connectivity index (χ3n) is 3.81. The number of halogens is 1. The van der Waals surface area contributed by atoms with Crippen LogP contribution in [0.3, 0.4) is 0 Å². The molecule has 0 amide bonds. The summed E-state index contributed by atoms with van der Waals surface area (Å²) in [5.74, 6) is 0.705. The molecule has 2 N–H and O–H groups in total. The molecule has 106 valence electrons. The molecule has 1 fully saturated rings. The minimum Gasteiger partial charge on any atom is -0.398 e. The van der Waals surface area contributed by atoms with Gasteiger partial charge in [-0.25, -0.2) is 4.68 Å². The minimum absolute atomic E-state index is 0.134. The van der Waals surface area contributed by atoms with Gasteiger partial charge in [0.05, 0.1) is 16.2 Å². The van der Waals surface area contributed by atoms with E-state index in [9.17, 15) is 0 Å². The Hall–Kier alpha value is -1.66. The Kier molecular flexibility index (Phi) is 3.35. The van der Waals surface area contributed by atoms with Crippen LogP contribution in [0.2, 0.25) is 5.02 Å². The number of anilines is 1. The summed E-state index contributed by atoms with van der Waals surface area (Å²) in [7, 11) is 0. The number of rotatable bonds is 2.